The molecule has 0 aliphatic carbocycles. The lowest BCUT2D eigenvalue weighted by Crippen LogP contribution is -2.04. The zero-order chi connectivity index (χ0) is 13.1. The summed E-state index contributed by atoms with van der Waals surface area (Å²) in [7, 11) is -3.82. The first-order valence-electron chi connectivity index (χ1n) is 4.21. The van der Waals surface area contributed by atoms with E-state index in [1.54, 1.807) is 0 Å². The minimum absolute atomic E-state index is 0.305. The Hall–Kier alpha value is -1.74. The van der Waals surface area contributed by atoms with Gasteiger partial charge in [0.15, 0.2) is 6.79 Å². The molecule has 0 aromatic heterocycles. The summed E-state index contributed by atoms with van der Waals surface area (Å²) >= 11 is 0. The minimum Gasteiger partial charge on any atom is -0.466 e. The first-order chi connectivity index (χ1) is 7.86. The lowest BCUT2D eigenvalue weighted by Gasteiger charge is -2.07. The molecule has 1 rings (SSSR count). The SMILES string of the molecule is COCOc1ccc([N+](=O)[O-])cc1S(=O)(=O)F. The van der Waals surface area contributed by atoms with Crippen molar-refractivity contribution in [2.75, 3.05) is 13.9 Å². The van der Waals surface area contributed by atoms with Gasteiger partial charge in [-0.2, -0.15) is 8.42 Å². The summed E-state index contributed by atoms with van der Waals surface area (Å²) in [5, 5.41) is 10.4. The topological polar surface area (TPSA) is 95.7 Å². The largest absolute Gasteiger partial charge is 0.466 e. The molecule has 94 valence electrons. The van der Waals surface area contributed by atoms with E-state index in [2.05, 4.69) is 4.74 Å². The van der Waals surface area contributed by atoms with Crippen molar-refractivity contribution in [1.29, 1.82) is 0 Å². The highest BCUT2D eigenvalue weighted by atomic mass is 32.3. The minimum atomic E-state index is -5.10. The third-order valence-electron chi connectivity index (χ3n) is 1.73. The molecule has 1 aromatic carbocycles. The second-order valence-electron chi connectivity index (χ2n) is 2.88. The van der Waals surface area contributed by atoms with Crippen molar-refractivity contribution >= 4 is 15.9 Å². The van der Waals surface area contributed by atoms with Crippen LogP contribution in [0, 0.1) is 10.1 Å². The van der Waals surface area contributed by atoms with Gasteiger partial charge in [0, 0.05) is 19.2 Å². The molecule has 1 aromatic rings. The van der Waals surface area contributed by atoms with Crippen LogP contribution in [0.15, 0.2) is 23.1 Å². The molecule has 0 saturated heterocycles. The van der Waals surface area contributed by atoms with Crippen molar-refractivity contribution in [3.63, 3.8) is 0 Å². The van der Waals surface area contributed by atoms with Crippen LogP contribution in [-0.4, -0.2) is 27.2 Å². The van der Waals surface area contributed by atoms with Gasteiger partial charge in [0.25, 0.3) is 5.69 Å². The molecule has 0 unspecified atom stereocenters. The van der Waals surface area contributed by atoms with E-state index in [9.17, 15) is 22.4 Å². The molecular formula is C8H8FNO6S. The number of methoxy groups -OCH3 is 1. The van der Waals surface area contributed by atoms with Crippen LogP contribution in [0.4, 0.5) is 9.57 Å². The zero-order valence-electron chi connectivity index (χ0n) is 8.62. The van der Waals surface area contributed by atoms with Crippen molar-refractivity contribution in [3.05, 3.63) is 28.3 Å². The maximum Gasteiger partial charge on any atom is 0.336 e. The van der Waals surface area contributed by atoms with Gasteiger partial charge in [-0.05, 0) is 6.07 Å². The summed E-state index contributed by atoms with van der Waals surface area (Å²) in [6.45, 7) is -0.305. The molecule has 0 atom stereocenters. The Balaban J connectivity index is 3.27. The highest BCUT2D eigenvalue weighted by Crippen LogP contribution is 2.29. The Morgan fingerprint density at radius 1 is 1.47 bits per heavy atom. The average Bonchev–Trinajstić information content (AvgIpc) is 2.24. The fraction of sp³-hybridized carbons (Fsp3) is 0.250. The molecule has 0 radical (unpaired) electrons. The molecule has 0 amide bonds. The molecule has 9 heteroatoms. The number of halogens is 1. The second-order valence-corrected chi connectivity index (χ2v) is 4.19. The molecule has 17 heavy (non-hydrogen) atoms. The number of hydrogen-bond donors (Lipinski definition) is 0. The fourth-order valence-corrected chi connectivity index (χ4v) is 1.67. The lowest BCUT2D eigenvalue weighted by atomic mass is 10.3. The number of nitrogens with zero attached hydrogens (tertiary/aromatic N) is 1. The van der Waals surface area contributed by atoms with Crippen molar-refractivity contribution in [2.24, 2.45) is 0 Å². The highest BCUT2D eigenvalue weighted by molar-refractivity contribution is 7.86. The van der Waals surface area contributed by atoms with Crippen LogP contribution in [0.3, 0.4) is 0 Å². The first kappa shape index (κ1) is 13.3. The van der Waals surface area contributed by atoms with Crippen molar-refractivity contribution < 1.29 is 26.7 Å². The van der Waals surface area contributed by atoms with Crippen LogP contribution >= 0.6 is 0 Å². The first-order valence-corrected chi connectivity index (χ1v) is 5.59. The van der Waals surface area contributed by atoms with E-state index in [4.69, 9.17) is 4.74 Å². The van der Waals surface area contributed by atoms with Crippen LogP contribution in [0.2, 0.25) is 0 Å². The number of ether oxygens (including phenoxy) is 2. The molecule has 0 aliphatic rings. The maximum absolute atomic E-state index is 12.9. The van der Waals surface area contributed by atoms with Crippen molar-refractivity contribution in [2.45, 2.75) is 4.90 Å². The normalized spacial score (nSPS) is 11.2. The predicted molar refractivity (Wildman–Crippen MR) is 53.9 cm³/mol. The van der Waals surface area contributed by atoms with Crippen LogP contribution in [0.25, 0.3) is 0 Å². The number of hydrogen-bond acceptors (Lipinski definition) is 6. The summed E-state index contributed by atoms with van der Waals surface area (Å²) in [5.41, 5.74) is -0.550. The summed E-state index contributed by atoms with van der Waals surface area (Å²) in [4.78, 5) is 8.69. The van der Waals surface area contributed by atoms with E-state index < -0.39 is 25.7 Å². The van der Waals surface area contributed by atoms with E-state index in [0.717, 1.165) is 12.1 Å². The summed E-state index contributed by atoms with van der Waals surface area (Å²) in [6, 6.07) is 2.57. The van der Waals surface area contributed by atoms with Gasteiger partial charge in [-0.3, -0.25) is 10.1 Å². The molecule has 0 fully saturated rings. The van der Waals surface area contributed by atoms with Crippen molar-refractivity contribution in [1.82, 2.24) is 0 Å². The van der Waals surface area contributed by atoms with Crippen molar-refractivity contribution in [3.8, 4) is 5.75 Å². The molecule has 0 heterocycles. The smallest absolute Gasteiger partial charge is 0.336 e. The van der Waals surface area contributed by atoms with Gasteiger partial charge >= 0.3 is 10.2 Å². The number of rotatable bonds is 5. The van der Waals surface area contributed by atoms with E-state index >= 15 is 0 Å². The number of nitro groups is 1. The summed E-state index contributed by atoms with van der Waals surface area (Å²) < 4.78 is 43.7. The van der Waals surface area contributed by atoms with Crippen LogP contribution in [-0.2, 0) is 15.0 Å². The average molecular weight is 265 g/mol. The zero-order valence-corrected chi connectivity index (χ0v) is 9.44. The summed E-state index contributed by atoms with van der Waals surface area (Å²) in [6.07, 6.45) is 0. The molecule has 0 bridgehead atoms. The van der Waals surface area contributed by atoms with Gasteiger partial charge in [0.2, 0.25) is 0 Å². The van der Waals surface area contributed by atoms with Crippen LogP contribution in [0.5, 0.6) is 5.75 Å². The molecular weight excluding hydrogens is 257 g/mol. The predicted octanol–water partition coefficient (Wildman–Crippen LogP) is 1.24. The quantitative estimate of drug-likeness (QED) is 0.344. The van der Waals surface area contributed by atoms with E-state index in [1.807, 2.05) is 0 Å². The molecule has 0 N–H and O–H groups in total. The summed E-state index contributed by atoms with van der Waals surface area (Å²) in [5.74, 6) is -0.347. The van der Waals surface area contributed by atoms with Gasteiger partial charge < -0.3 is 9.47 Å². The Labute approximate surface area is 96.1 Å². The van der Waals surface area contributed by atoms with Crippen LogP contribution in [0.1, 0.15) is 0 Å². The lowest BCUT2D eigenvalue weighted by molar-refractivity contribution is -0.385. The van der Waals surface area contributed by atoms with E-state index in [1.165, 1.54) is 7.11 Å². The third kappa shape index (κ3) is 3.36. The van der Waals surface area contributed by atoms with E-state index in [-0.39, 0.29) is 12.5 Å². The van der Waals surface area contributed by atoms with E-state index in [0.29, 0.717) is 6.07 Å². The Bertz CT molecular complexity index is 529. The second kappa shape index (κ2) is 5.06. The number of benzene rings is 1. The number of nitro benzene ring substituents is 1. The molecule has 0 aliphatic heterocycles. The molecule has 7 nitrogen and oxygen atoms in total. The Kier molecular flexibility index (Phi) is 3.97. The number of non-ortho nitro benzene ring substituents is 1. The highest BCUT2D eigenvalue weighted by Gasteiger charge is 2.22. The van der Waals surface area contributed by atoms with Gasteiger partial charge in [-0.1, -0.05) is 0 Å². The van der Waals surface area contributed by atoms with Gasteiger partial charge in [0.05, 0.1) is 4.92 Å². The third-order valence-corrected chi connectivity index (χ3v) is 2.58. The standard InChI is InChI=1S/C8H8FNO6S/c1-15-5-16-7-3-2-6(10(11)12)4-8(7)17(9,13)14/h2-4H,5H2,1H3. The van der Waals surface area contributed by atoms with Crippen LogP contribution < -0.4 is 4.74 Å². The molecule has 0 spiro atoms. The van der Waals surface area contributed by atoms with Gasteiger partial charge in [-0.15, -0.1) is 3.89 Å². The molecule has 0 saturated carbocycles. The van der Waals surface area contributed by atoms with Gasteiger partial charge in [0.1, 0.15) is 10.6 Å². The monoisotopic (exact) mass is 265 g/mol. The Morgan fingerprint density at radius 2 is 2.12 bits per heavy atom. The Morgan fingerprint density at radius 3 is 2.59 bits per heavy atom. The maximum atomic E-state index is 12.9. The fourth-order valence-electron chi connectivity index (χ4n) is 1.04. The van der Waals surface area contributed by atoms with Gasteiger partial charge in [-0.25, -0.2) is 0 Å².